The molecule has 2 aromatic heterocycles. The zero-order chi connectivity index (χ0) is 13.3. The van der Waals surface area contributed by atoms with Gasteiger partial charge in [-0.3, -0.25) is 0 Å². The number of halogens is 3. The van der Waals surface area contributed by atoms with Crippen molar-refractivity contribution in [1.82, 2.24) is 15.0 Å². The molecule has 0 fully saturated rings. The van der Waals surface area contributed by atoms with Crippen molar-refractivity contribution in [3.05, 3.63) is 33.8 Å². The minimum atomic E-state index is -0.619. The van der Waals surface area contributed by atoms with E-state index in [1.54, 1.807) is 0 Å². The fraction of sp³-hybridized carbons (Fsp3) is 0.100. The summed E-state index contributed by atoms with van der Waals surface area (Å²) in [5, 5.41) is 0.663. The second-order valence-corrected chi connectivity index (χ2v) is 4.27. The maximum atomic E-state index is 13.5. The van der Waals surface area contributed by atoms with Crippen molar-refractivity contribution < 1.29 is 4.39 Å². The van der Waals surface area contributed by atoms with E-state index in [0.717, 1.165) is 0 Å². The van der Waals surface area contributed by atoms with E-state index in [1.165, 1.54) is 19.2 Å². The first-order valence-corrected chi connectivity index (χ1v) is 5.60. The van der Waals surface area contributed by atoms with Crippen LogP contribution >= 0.6 is 23.2 Å². The normalized spacial score (nSPS) is 10.5. The lowest BCUT2D eigenvalue weighted by atomic mass is 10.3. The highest BCUT2D eigenvalue weighted by molar-refractivity contribution is 6.35. The van der Waals surface area contributed by atoms with Crippen LogP contribution in [0.5, 0.6) is 0 Å². The van der Waals surface area contributed by atoms with Crippen LogP contribution in [0.4, 0.5) is 10.2 Å². The average molecular weight is 288 g/mol. The minimum absolute atomic E-state index is 0.120. The zero-order valence-electron chi connectivity index (χ0n) is 9.21. The van der Waals surface area contributed by atoms with E-state index in [2.05, 4.69) is 20.4 Å². The Hall–Kier alpha value is -1.50. The molecular weight excluding hydrogens is 280 g/mol. The molecule has 2 heterocycles. The van der Waals surface area contributed by atoms with Gasteiger partial charge in [-0.1, -0.05) is 23.2 Å². The topological polar surface area (TPSA) is 76.7 Å². The summed E-state index contributed by atoms with van der Waals surface area (Å²) >= 11 is 11.7. The smallest absolute Gasteiger partial charge is 0.187 e. The number of pyridine rings is 1. The lowest BCUT2D eigenvalue weighted by Gasteiger charge is -2.07. The van der Waals surface area contributed by atoms with E-state index in [9.17, 15) is 4.39 Å². The molecule has 0 aliphatic carbocycles. The summed E-state index contributed by atoms with van der Waals surface area (Å²) in [4.78, 5) is 11.9. The molecule has 0 amide bonds. The first kappa shape index (κ1) is 12.9. The predicted molar refractivity (Wildman–Crippen MR) is 67.8 cm³/mol. The van der Waals surface area contributed by atoms with Crippen molar-refractivity contribution in [2.24, 2.45) is 5.84 Å². The van der Waals surface area contributed by atoms with Gasteiger partial charge < -0.3 is 5.43 Å². The molecule has 0 saturated heterocycles. The number of hydrogen-bond acceptors (Lipinski definition) is 5. The molecule has 3 N–H and O–H groups in total. The molecule has 0 aliphatic rings. The van der Waals surface area contributed by atoms with E-state index in [-0.39, 0.29) is 22.4 Å². The lowest BCUT2D eigenvalue weighted by molar-refractivity contribution is 0.606. The molecule has 2 rings (SSSR count). The number of anilines is 1. The highest BCUT2D eigenvalue weighted by Crippen LogP contribution is 2.27. The molecule has 8 heteroatoms. The van der Waals surface area contributed by atoms with Crippen molar-refractivity contribution in [1.29, 1.82) is 0 Å². The van der Waals surface area contributed by atoms with Crippen LogP contribution in [0.15, 0.2) is 12.3 Å². The molecular formula is C10H8Cl2FN5. The second kappa shape index (κ2) is 5.01. The fourth-order valence-corrected chi connectivity index (χ4v) is 1.80. The summed E-state index contributed by atoms with van der Waals surface area (Å²) in [7, 11) is 0. The number of nitrogen functional groups attached to an aromatic ring is 1. The summed E-state index contributed by atoms with van der Waals surface area (Å²) < 4.78 is 13.5. The molecule has 0 aliphatic heterocycles. The number of aryl methyl sites for hydroxylation is 1. The quantitative estimate of drug-likeness (QED) is 0.656. The highest BCUT2D eigenvalue weighted by Gasteiger charge is 2.15. The van der Waals surface area contributed by atoms with Gasteiger partial charge in [0.15, 0.2) is 17.5 Å². The van der Waals surface area contributed by atoms with Gasteiger partial charge in [-0.15, -0.1) is 0 Å². The Balaban J connectivity index is 2.60. The van der Waals surface area contributed by atoms with Crippen molar-refractivity contribution >= 4 is 29.0 Å². The Bertz CT molecular complexity index is 605. The predicted octanol–water partition coefficient (Wildman–Crippen LogP) is 2.58. The summed E-state index contributed by atoms with van der Waals surface area (Å²) in [6, 6.07) is 1.50. The monoisotopic (exact) mass is 287 g/mol. The van der Waals surface area contributed by atoms with Gasteiger partial charge in [0.2, 0.25) is 0 Å². The van der Waals surface area contributed by atoms with Gasteiger partial charge in [0.25, 0.3) is 0 Å². The molecule has 5 nitrogen and oxygen atoms in total. The van der Waals surface area contributed by atoms with Gasteiger partial charge in [0.1, 0.15) is 5.69 Å². The molecule has 2 aromatic rings. The van der Waals surface area contributed by atoms with Crippen LogP contribution in [0.25, 0.3) is 11.5 Å². The van der Waals surface area contributed by atoms with Gasteiger partial charge in [-0.2, -0.15) is 0 Å². The largest absolute Gasteiger partial charge is 0.306 e. The van der Waals surface area contributed by atoms with Gasteiger partial charge in [0.05, 0.1) is 15.7 Å². The molecule has 0 unspecified atom stereocenters. The fourth-order valence-electron chi connectivity index (χ4n) is 1.34. The third kappa shape index (κ3) is 2.35. The van der Waals surface area contributed by atoms with Gasteiger partial charge >= 0.3 is 0 Å². The van der Waals surface area contributed by atoms with E-state index in [1.807, 2.05) is 0 Å². The number of nitrogens with two attached hydrogens (primary N) is 1. The standard InChI is InChI=1S/C10H8Cl2FN5/c1-4-7(13)9(18-14)17-10(16-4)8-6(12)2-5(11)3-15-8/h2-3H,14H2,1H3,(H,16,17,18). The Morgan fingerprint density at radius 1 is 1.33 bits per heavy atom. The Morgan fingerprint density at radius 3 is 2.67 bits per heavy atom. The molecule has 0 atom stereocenters. The average Bonchev–Trinajstić information content (AvgIpc) is 2.32. The number of hydrazine groups is 1. The van der Waals surface area contributed by atoms with E-state index < -0.39 is 5.82 Å². The molecule has 18 heavy (non-hydrogen) atoms. The third-order valence-electron chi connectivity index (χ3n) is 2.17. The number of nitrogens with zero attached hydrogens (tertiary/aromatic N) is 3. The van der Waals surface area contributed by atoms with Crippen LogP contribution in [0, 0.1) is 12.7 Å². The van der Waals surface area contributed by atoms with E-state index in [0.29, 0.717) is 10.7 Å². The maximum Gasteiger partial charge on any atom is 0.187 e. The van der Waals surface area contributed by atoms with Gasteiger partial charge in [-0.25, -0.2) is 25.2 Å². The van der Waals surface area contributed by atoms with Crippen LogP contribution in [0.1, 0.15) is 5.69 Å². The number of rotatable bonds is 2. The Kier molecular flexibility index (Phi) is 3.60. The lowest BCUT2D eigenvalue weighted by Crippen LogP contribution is -2.13. The highest BCUT2D eigenvalue weighted by atomic mass is 35.5. The first-order chi connectivity index (χ1) is 8.52. The second-order valence-electron chi connectivity index (χ2n) is 3.42. The first-order valence-electron chi connectivity index (χ1n) is 4.85. The van der Waals surface area contributed by atoms with Crippen molar-refractivity contribution in [2.45, 2.75) is 6.92 Å². The molecule has 94 valence electrons. The number of hydrogen-bond donors (Lipinski definition) is 2. The van der Waals surface area contributed by atoms with Crippen LogP contribution in [-0.2, 0) is 0 Å². The molecule has 0 saturated carbocycles. The zero-order valence-corrected chi connectivity index (χ0v) is 10.7. The van der Waals surface area contributed by atoms with E-state index in [4.69, 9.17) is 29.0 Å². The van der Waals surface area contributed by atoms with Crippen LogP contribution < -0.4 is 11.3 Å². The van der Waals surface area contributed by atoms with Crippen LogP contribution in [0.2, 0.25) is 10.0 Å². The summed E-state index contributed by atoms with van der Waals surface area (Å²) in [6.45, 7) is 1.49. The number of nitrogens with one attached hydrogen (secondary N) is 1. The van der Waals surface area contributed by atoms with Crippen LogP contribution in [-0.4, -0.2) is 15.0 Å². The van der Waals surface area contributed by atoms with Crippen molar-refractivity contribution in [3.8, 4) is 11.5 Å². The number of aromatic nitrogens is 3. The van der Waals surface area contributed by atoms with Gasteiger partial charge in [-0.05, 0) is 13.0 Å². The molecule has 0 radical (unpaired) electrons. The summed E-state index contributed by atoms with van der Waals surface area (Å²) in [5.41, 5.74) is 2.60. The molecule has 0 bridgehead atoms. The van der Waals surface area contributed by atoms with E-state index >= 15 is 0 Å². The Labute approximate surface area is 112 Å². The molecule has 0 spiro atoms. The maximum absolute atomic E-state index is 13.5. The summed E-state index contributed by atoms with van der Waals surface area (Å²) in [5.74, 6) is 4.60. The van der Waals surface area contributed by atoms with Gasteiger partial charge in [0, 0.05) is 6.20 Å². The Morgan fingerprint density at radius 2 is 2.06 bits per heavy atom. The van der Waals surface area contributed by atoms with Crippen LogP contribution in [0.3, 0.4) is 0 Å². The SMILES string of the molecule is Cc1nc(-c2ncc(Cl)cc2Cl)nc(NN)c1F. The van der Waals surface area contributed by atoms with Crippen molar-refractivity contribution in [3.63, 3.8) is 0 Å². The third-order valence-corrected chi connectivity index (χ3v) is 2.67. The minimum Gasteiger partial charge on any atom is -0.306 e. The summed E-state index contributed by atoms with van der Waals surface area (Å²) in [6.07, 6.45) is 1.40. The van der Waals surface area contributed by atoms with Crippen molar-refractivity contribution in [2.75, 3.05) is 5.43 Å². The molecule has 0 aromatic carbocycles.